The van der Waals surface area contributed by atoms with Gasteiger partial charge in [-0.2, -0.15) is 0 Å². The average Bonchev–Trinajstić information content (AvgIpc) is 3.14. The summed E-state index contributed by atoms with van der Waals surface area (Å²) in [5.41, 5.74) is 1.41. The summed E-state index contributed by atoms with van der Waals surface area (Å²) in [5.74, 6) is -0.976. The number of hydrogen-bond donors (Lipinski definition) is 1. The van der Waals surface area contributed by atoms with Gasteiger partial charge in [0.05, 0.1) is 17.1 Å². The zero-order chi connectivity index (χ0) is 14.8. The number of carboxylic acid groups (broad SMARTS) is 1. The fourth-order valence-corrected chi connectivity index (χ4v) is 3.35. The first-order chi connectivity index (χ1) is 10.2. The standard InChI is InChI=1S/C15H15N3O2S/c1-2-5-11(13-8-4-9-21-13)18-12-7-3-6-10(15(19)20)14(12)16-17-18/h3-4,6-9,11H,2,5H2,1H3,(H,19,20). The van der Waals surface area contributed by atoms with Crippen molar-refractivity contribution in [3.63, 3.8) is 0 Å². The molecule has 2 aromatic heterocycles. The molecule has 1 aromatic carbocycles. The molecular weight excluding hydrogens is 286 g/mol. The van der Waals surface area contributed by atoms with Crippen LogP contribution in [0.4, 0.5) is 0 Å². The van der Waals surface area contributed by atoms with Crippen molar-refractivity contribution < 1.29 is 9.90 Å². The Bertz CT molecular complexity index is 764. The van der Waals surface area contributed by atoms with Crippen molar-refractivity contribution in [2.45, 2.75) is 25.8 Å². The predicted molar refractivity (Wildman–Crippen MR) is 81.9 cm³/mol. The van der Waals surface area contributed by atoms with Gasteiger partial charge in [-0.05, 0) is 30.0 Å². The fraction of sp³-hybridized carbons (Fsp3) is 0.267. The first kappa shape index (κ1) is 13.8. The van der Waals surface area contributed by atoms with Crippen molar-refractivity contribution in [2.24, 2.45) is 0 Å². The van der Waals surface area contributed by atoms with Gasteiger partial charge in [0, 0.05) is 4.88 Å². The Morgan fingerprint density at radius 1 is 1.38 bits per heavy atom. The van der Waals surface area contributed by atoms with Crippen LogP contribution in [0.2, 0.25) is 0 Å². The Balaban J connectivity index is 2.15. The van der Waals surface area contributed by atoms with E-state index in [0.717, 1.165) is 18.4 Å². The Labute approximate surface area is 125 Å². The van der Waals surface area contributed by atoms with Gasteiger partial charge >= 0.3 is 5.97 Å². The molecule has 0 aliphatic rings. The minimum Gasteiger partial charge on any atom is -0.478 e. The van der Waals surface area contributed by atoms with Crippen LogP contribution in [0.1, 0.15) is 41.0 Å². The summed E-state index contributed by atoms with van der Waals surface area (Å²) in [6, 6.07) is 9.37. The monoisotopic (exact) mass is 301 g/mol. The van der Waals surface area contributed by atoms with Crippen LogP contribution in [-0.2, 0) is 0 Å². The predicted octanol–water partition coefficient (Wildman–Crippen LogP) is 3.58. The Morgan fingerprint density at radius 3 is 2.90 bits per heavy atom. The van der Waals surface area contributed by atoms with Gasteiger partial charge in [-0.15, -0.1) is 16.4 Å². The summed E-state index contributed by atoms with van der Waals surface area (Å²) >= 11 is 1.68. The molecule has 1 N–H and O–H groups in total. The molecule has 0 spiro atoms. The van der Waals surface area contributed by atoms with Crippen LogP contribution < -0.4 is 0 Å². The third-order valence-electron chi connectivity index (χ3n) is 3.46. The van der Waals surface area contributed by atoms with E-state index in [1.54, 1.807) is 23.5 Å². The number of aromatic carboxylic acids is 1. The molecule has 0 bridgehead atoms. The zero-order valence-electron chi connectivity index (χ0n) is 11.6. The van der Waals surface area contributed by atoms with Crippen LogP contribution in [-0.4, -0.2) is 26.1 Å². The molecule has 0 saturated carbocycles. The molecule has 1 atom stereocenters. The highest BCUT2D eigenvalue weighted by Crippen LogP contribution is 2.30. The van der Waals surface area contributed by atoms with E-state index in [2.05, 4.69) is 23.3 Å². The van der Waals surface area contributed by atoms with Crippen LogP contribution in [0.25, 0.3) is 11.0 Å². The molecule has 0 amide bonds. The summed E-state index contributed by atoms with van der Waals surface area (Å²) in [4.78, 5) is 12.5. The minimum atomic E-state index is -0.976. The molecule has 21 heavy (non-hydrogen) atoms. The van der Waals surface area contributed by atoms with Crippen molar-refractivity contribution in [1.82, 2.24) is 15.0 Å². The van der Waals surface area contributed by atoms with E-state index in [9.17, 15) is 9.90 Å². The topological polar surface area (TPSA) is 68.0 Å². The van der Waals surface area contributed by atoms with Gasteiger partial charge in [-0.3, -0.25) is 0 Å². The summed E-state index contributed by atoms with van der Waals surface area (Å²) in [6.07, 6.45) is 1.96. The zero-order valence-corrected chi connectivity index (χ0v) is 12.4. The van der Waals surface area contributed by atoms with E-state index in [0.29, 0.717) is 5.52 Å². The highest BCUT2D eigenvalue weighted by atomic mass is 32.1. The van der Waals surface area contributed by atoms with Crippen LogP contribution in [0.5, 0.6) is 0 Å². The van der Waals surface area contributed by atoms with Gasteiger partial charge in [0.1, 0.15) is 5.52 Å². The third kappa shape index (κ3) is 2.42. The van der Waals surface area contributed by atoms with Gasteiger partial charge in [-0.25, -0.2) is 9.48 Å². The largest absolute Gasteiger partial charge is 0.478 e. The molecule has 0 saturated heterocycles. The molecule has 0 aliphatic heterocycles. The summed E-state index contributed by atoms with van der Waals surface area (Å²) < 4.78 is 1.84. The number of aromatic nitrogens is 3. The van der Waals surface area contributed by atoms with Crippen molar-refractivity contribution in [3.05, 3.63) is 46.2 Å². The van der Waals surface area contributed by atoms with Crippen LogP contribution >= 0.6 is 11.3 Å². The quantitative estimate of drug-likeness (QED) is 0.782. The van der Waals surface area contributed by atoms with Gasteiger partial charge in [0.25, 0.3) is 0 Å². The molecule has 5 nitrogen and oxygen atoms in total. The maximum atomic E-state index is 11.3. The Hall–Kier alpha value is -2.21. The highest BCUT2D eigenvalue weighted by molar-refractivity contribution is 7.10. The van der Waals surface area contributed by atoms with Crippen LogP contribution in [0, 0.1) is 0 Å². The molecule has 0 radical (unpaired) electrons. The van der Waals surface area contributed by atoms with Gasteiger partial charge in [0.15, 0.2) is 0 Å². The van der Waals surface area contributed by atoms with E-state index >= 15 is 0 Å². The summed E-state index contributed by atoms with van der Waals surface area (Å²) in [5, 5.41) is 19.6. The maximum absolute atomic E-state index is 11.3. The van der Waals surface area contributed by atoms with Crippen molar-refractivity contribution >= 4 is 28.3 Å². The molecule has 3 rings (SSSR count). The molecule has 0 fully saturated rings. The number of benzene rings is 1. The second kappa shape index (κ2) is 5.65. The lowest BCUT2D eigenvalue weighted by atomic mass is 10.1. The van der Waals surface area contributed by atoms with Crippen LogP contribution in [0.3, 0.4) is 0 Å². The number of rotatable bonds is 5. The molecule has 3 aromatic rings. The van der Waals surface area contributed by atoms with E-state index in [1.165, 1.54) is 4.88 Å². The van der Waals surface area contributed by atoms with Crippen molar-refractivity contribution in [3.8, 4) is 0 Å². The van der Waals surface area contributed by atoms with E-state index < -0.39 is 5.97 Å². The number of carboxylic acids is 1. The fourth-order valence-electron chi connectivity index (χ4n) is 2.50. The lowest BCUT2D eigenvalue weighted by Crippen LogP contribution is -2.11. The Kier molecular flexibility index (Phi) is 3.70. The second-order valence-electron chi connectivity index (χ2n) is 4.83. The first-order valence-electron chi connectivity index (χ1n) is 6.83. The smallest absolute Gasteiger partial charge is 0.338 e. The summed E-state index contributed by atoms with van der Waals surface area (Å²) in [7, 11) is 0. The number of carbonyl (C=O) groups is 1. The molecule has 108 valence electrons. The highest BCUT2D eigenvalue weighted by Gasteiger charge is 2.20. The molecular formula is C15H15N3O2S. The molecule has 0 aliphatic carbocycles. The van der Waals surface area contributed by atoms with Gasteiger partial charge in [0.2, 0.25) is 0 Å². The van der Waals surface area contributed by atoms with E-state index in [1.807, 2.05) is 22.2 Å². The number of hydrogen-bond acceptors (Lipinski definition) is 4. The second-order valence-corrected chi connectivity index (χ2v) is 5.81. The summed E-state index contributed by atoms with van der Waals surface area (Å²) in [6.45, 7) is 2.13. The average molecular weight is 301 g/mol. The van der Waals surface area contributed by atoms with Gasteiger partial charge < -0.3 is 5.11 Å². The Morgan fingerprint density at radius 2 is 2.24 bits per heavy atom. The van der Waals surface area contributed by atoms with Crippen molar-refractivity contribution in [2.75, 3.05) is 0 Å². The van der Waals surface area contributed by atoms with E-state index in [4.69, 9.17) is 0 Å². The lowest BCUT2D eigenvalue weighted by Gasteiger charge is -2.15. The SMILES string of the molecule is CCCC(c1cccs1)n1nnc2c(C(=O)O)cccc21. The third-order valence-corrected chi connectivity index (χ3v) is 4.44. The molecule has 2 heterocycles. The number of nitrogens with zero attached hydrogens (tertiary/aromatic N) is 3. The molecule has 1 unspecified atom stereocenters. The number of fused-ring (bicyclic) bond motifs is 1. The van der Waals surface area contributed by atoms with E-state index in [-0.39, 0.29) is 11.6 Å². The molecule has 6 heteroatoms. The normalized spacial score (nSPS) is 12.6. The van der Waals surface area contributed by atoms with Crippen molar-refractivity contribution in [1.29, 1.82) is 0 Å². The van der Waals surface area contributed by atoms with Crippen LogP contribution in [0.15, 0.2) is 35.7 Å². The minimum absolute atomic E-state index is 0.101. The number of thiophene rings is 1. The maximum Gasteiger partial charge on any atom is 0.338 e. The lowest BCUT2D eigenvalue weighted by molar-refractivity contribution is 0.0699. The first-order valence-corrected chi connectivity index (χ1v) is 7.71. The van der Waals surface area contributed by atoms with Gasteiger partial charge in [-0.1, -0.05) is 30.7 Å².